The lowest BCUT2D eigenvalue weighted by Crippen LogP contribution is -2.34. The third-order valence-corrected chi connectivity index (χ3v) is 4.14. The highest BCUT2D eigenvalue weighted by Gasteiger charge is 2.14. The predicted octanol–water partition coefficient (Wildman–Crippen LogP) is 3.10. The van der Waals surface area contributed by atoms with Crippen molar-refractivity contribution in [3.63, 3.8) is 0 Å². The summed E-state index contributed by atoms with van der Waals surface area (Å²) in [6.07, 6.45) is 0. The van der Waals surface area contributed by atoms with Crippen LogP contribution in [0.15, 0.2) is 48.5 Å². The van der Waals surface area contributed by atoms with Crippen LogP contribution in [-0.4, -0.2) is 38.6 Å². The maximum Gasteiger partial charge on any atom is 0.233 e. The van der Waals surface area contributed by atoms with Crippen molar-refractivity contribution >= 4 is 5.91 Å². The van der Waals surface area contributed by atoms with E-state index >= 15 is 0 Å². The van der Waals surface area contributed by atoms with Gasteiger partial charge in [0, 0.05) is 18.7 Å². The second-order valence-electron chi connectivity index (χ2n) is 5.59. The molecule has 0 bridgehead atoms. The first kappa shape index (κ1) is 17.0. The zero-order valence-corrected chi connectivity index (χ0v) is 14.2. The molecule has 0 unspecified atom stereocenters. The highest BCUT2D eigenvalue weighted by atomic mass is 16.5. The largest absolute Gasteiger partial charge is 0.496 e. The number of para-hydroxylation sites is 1. The van der Waals surface area contributed by atoms with E-state index in [1.165, 1.54) is 5.56 Å². The van der Waals surface area contributed by atoms with Gasteiger partial charge in [-0.15, -0.1) is 0 Å². The molecule has 1 atom stereocenters. The highest BCUT2D eigenvalue weighted by Crippen LogP contribution is 2.30. The van der Waals surface area contributed by atoms with Crippen LogP contribution >= 0.6 is 0 Å². The van der Waals surface area contributed by atoms with Crippen molar-refractivity contribution in [1.29, 1.82) is 0 Å². The van der Waals surface area contributed by atoms with E-state index in [0.717, 1.165) is 16.9 Å². The van der Waals surface area contributed by atoms with E-state index in [2.05, 4.69) is 42.6 Å². The number of rotatable bonds is 6. The molecular weight excluding hydrogens is 288 g/mol. The first-order valence-electron chi connectivity index (χ1n) is 7.71. The fourth-order valence-electron chi connectivity index (χ4n) is 2.52. The molecule has 0 radical (unpaired) electrons. The first-order valence-corrected chi connectivity index (χ1v) is 7.71. The van der Waals surface area contributed by atoms with Gasteiger partial charge in [-0.05, 0) is 31.2 Å². The number of carbonyl (C=O) groups excluding carboxylic acids is 1. The monoisotopic (exact) mass is 312 g/mol. The Hall–Kier alpha value is -2.33. The normalized spacial score (nSPS) is 12.0. The first-order chi connectivity index (χ1) is 11.1. The molecule has 0 fully saturated rings. The molecule has 2 rings (SSSR count). The molecule has 4 heteroatoms. The van der Waals surface area contributed by atoms with Gasteiger partial charge in [0.25, 0.3) is 0 Å². The maximum atomic E-state index is 11.5. The molecule has 2 aromatic rings. The van der Waals surface area contributed by atoms with Crippen molar-refractivity contribution in [1.82, 2.24) is 10.2 Å². The second-order valence-corrected chi connectivity index (χ2v) is 5.59. The fourth-order valence-corrected chi connectivity index (χ4v) is 2.52. The van der Waals surface area contributed by atoms with Crippen LogP contribution in [0.25, 0.3) is 11.1 Å². The summed E-state index contributed by atoms with van der Waals surface area (Å²) in [6, 6.07) is 16.5. The lowest BCUT2D eigenvalue weighted by molar-refractivity contribution is -0.121. The number of carbonyl (C=O) groups is 1. The minimum atomic E-state index is 0.0185. The third-order valence-electron chi connectivity index (χ3n) is 4.14. The molecule has 122 valence electrons. The number of methoxy groups -OCH3 is 1. The van der Waals surface area contributed by atoms with E-state index in [1.54, 1.807) is 14.2 Å². The van der Waals surface area contributed by atoms with E-state index < -0.39 is 0 Å². The van der Waals surface area contributed by atoms with Crippen molar-refractivity contribution in [3.05, 3.63) is 54.1 Å². The number of nitrogens with one attached hydrogen (secondary N) is 1. The Morgan fingerprint density at radius 1 is 1.17 bits per heavy atom. The van der Waals surface area contributed by atoms with Crippen molar-refractivity contribution < 1.29 is 9.53 Å². The van der Waals surface area contributed by atoms with Gasteiger partial charge in [-0.2, -0.15) is 0 Å². The van der Waals surface area contributed by atoms with Crippen molar-refractivity contribution in [2.24, 2.45) is 0 Å². The Bertz CT molecular complexity index is 653. The number of likely N-dealkylation sites (N-methyl/N-ethyl adjacent to an activating group) is 2. The van der Waals surface area contributed by atoms with Gasteiger partial charge >= 0.3 is 0 Å². The van der Waals surface area contributed by atoms with Crippen LogP contribution < -0.4 is 10.1 Å². The summed E-state index contributed by atoms with van der Waals surface area (Å²) in [4.78, 5) is 13.5. The number of amides is 1. The van der Waals surface area contributed by atoms with Crippen LogP contribution in [0.4, 0.5) is 0 Å². The number of benzene rings is 2. The number of hydrogen-bond donors (Lipinski definition) is 1. The smallest absolute Gasteiger partial charge is 0.233 e. The number of hydrogen-bond acceptors (Lipinski definition) is 3. The minimum Gasteiger partial charge on any atom is -0.496 e. The second kappa shape index (κ2) is 7.79. The molecule has 4 nitrogen and oxygen atoms in total. The zero-order chi connectivity index (χ0) is 16.8. The van der Waals surface area contributed by atoms with E-state index in [9.17, 15) is 4.79 Å². The summed E-state index contributed by atoms with van der Waals surface area (Å²) in [5.74, 6) is 0.884. The van der Waals surface area contributed by atoms with Crippen LogP contribution in [0.2, 0.25) is 0 Å². The number of ether oxygens (including phenoxy) is 1. The Labute approximate surface area is 138 Å². The Kier molecular flexibility index (Phi) is 5.77. The Morgan fingerprint density at radius 3 is 2.43 bits per heavy atom. The molecule has 2 aromatic carbocycles. The molecule has 0 aliphatic carbocycles. The lowest BCUT2D eigenvalue weighted by Gasteiger charge is -2.24. The van der Waals surface area contributed by atoms with Gasteiger partial charge in [0.05, 0.1) is 13.7 Å². The molecular formula is C19H24N2O2. The molecule has 0 aliphatic heterocycles. The standard InChI is InChI=1S/C19H24N2O2/c1-14(21(3)13-19(22)20-2)15-9-11-16(12-10-15)17-7-5-6-8-18(17)23-4/h5-12,14H,13H2,1-4H3,(H,20,22)/t14-/m1/s1. The van der Waals surface area contributed by atoms with Gasteiger partial charge in [-0.25, -0.2) is 0 Å². The van der Waals surface area contributed by atoms with Gasteiger partial charge in [-0.3, -0.25) is 9.69 Å². The fraction of sp³-hybridized carbons (Fsp3) is 0.316. The van der Waals surface area contributed by atoms with Gasteiger partial charge in [0.2, 0.25) is 5.91 Å². The molecule has 1 amide bonds. The van der Waals surface area contributed by atoms with E-state index in [1.807, 2.05) is 30.1 Å². The topological polar surface area (TPSA) is 41.6 Å². The SMILES string of the molecule is CNC(=O)CN(C)[C@H](C)c1ccc(-c2ccccc2OC)cc1. The summed E-state index contributed by atoms with van der Waals surface area (Å²) in [5, 5.41) is 2.65. The van der Waals surface area contributed by atoms with E-state index in [0.29, 0.717) is 6.54 Å². The minimum absolute atomic E-state index is 0.0185. The molecule has 0 aromatic heterocycles. The van der Waals surface area contributed by atoms with Gasteiger partial charge in [-0.1, -0.05) is 42.5 Å². The van der Waals surface area contributed by atoms with Crippen LogP contribution in [0.3, 0.4) is 0 Å². The van der Waals surface area contributed by atoms with Crippen molar-refractivity contribution in [2.75, 3.05) is 27.7 Å². The summed E-state index contributed by atoms with van der Waals surface area (Å²) < 4.78 is 5.42. The summed E-state index contributed by atoms with van der Waals surface area (Å²) in [6.45, 7) is 2.48. The van der Waals surface area contributed by atoms with Crippen LogP contribution in [0.1, 0.15) is 18.5 Å². The average molecular weight is 312 g/mol. The third kappa shape index (κ3) is 4.11. The summed E-state index contributed by atoms with van der Waals surface area (Å²) in [7, 11) is 5.29. The van der Waals surface area contributed by atoms with Gasteiger partial charge in [0.1, 0.15) is 5.75 Å². The quantitative estimate of drug-likeness (QED) is 0.891. The lowest BCUT2D eigenvalue weighted by atomic mass is 10.00. The molecule has 0 saturated heterocycles. The molecule has 0 spiro atoms. The van der Waals surface area contributed by atoms with Crippen LogP contribution in [0.5, 0.6) is 5.75 Å². The Morgan fingerprint density at radius 2 is 1.83 bits per heavy atom. The van der Waals surface area contributed by atoms with Gasteiger partial charge in [0.15, 0.2) is 0 Å². The Balaban J connectivity index is 2.17. The van der Waals surface area contributed by atoms with Crippen molar-refractivity contribution in [2.45, 2.75) is 13.0 Å². The summed E-state index contributed by atoms with van der Waals surface area (Å²) in [5.41, 5.74) is 3.37. The molecule has 1 N–H and O–H groups in total. The van der Waals surface area contributed by atoms with Crippen LogP contribution in [-0.2, 0) is 4.79 Å². The van der Waals surface area contributed by atoms with E-state index in [4.69, 9.17) is 4.74 Å². The predicted molar refractivity (Wildman–Crippen MR) is 93.5 cm³/mol. The van der Waals surface area contributed by atoms with Crippen LogP contribution in [0, 0.1) is 0 Å². The zero-order valence-electron chi connectivity index (χ0n) is 14.2. The maximum absolute atomic E-state index is 11.5. The molecule has 0 aliphatic rings. The molecule has 23 heavy (non-hydrogen) atoms. The van der Waals surface area contributed by atoms with Gasteiger partial charge < -0.3 is 10.1 Å². The average Bonchev–Trinajstić information content (AvgIpc) is 2.60. The summed E-state index contributed by atoms with van der Waals surface area (Å²) >= 11 is 0. The highest BCUT2D eigenvalue weighted by molar-refractivity contribution is 5.77. The molecule has 0 saturated carbocycles. The van der Waals surface area contributed by atoms with E-state index in [-0.39, 0.29) is 11.9 Å². The number of nitrogens with zero attached hydrogens (tertiary/aromatic N) is 1. The van der Waals surface area contributed by atoms with Crippen molar-refractivity contribution in [3.8, 4) is 16.9 Å². The molecule has 0 heterocycles.